The highest BCUT2D eigenvalue weighted by molar-refractivity contribution is 6.01. The third kappa shape index (κ3) is 3.26. The van der Waals surface area contributed by atoms with E-state index in [9.17, 15) is 9.59 Å². The van der Waals surface area contributed by atoms with Crippen LogP contribution in [0, 0.1) is 11.8 Å². The van der Waals surface area contributed by atoms with E-state index in [-0.39, 0.29) is 17.7 Å². The van der Waals surface area contributed by atoms with Crippen molar-refractivity contribution in [2.24, 2.45) is 11.8 Å². The minimum atomic E-state index is -0.267. The van der Waals surface area contributed by atoms with Gasteiger partial charge >= 0.3 is 0 Å². The number of fused-ring (bicyclic) bond motifs is 2. The van der Waals surface area contributed by atoms with Gasteiger partial charge in [-0.15, -0.1) is 10.2 Å². The van der Waals surface area contributed by atoms with Gasteiger partial charge in [0.1, 0.15) is 5.82 Å². The van der Waals surface area contributed by atoms with Crippen LogP contribution in [-0.2, 0) is 13.0 Å². The molecule has 2 aromatic heterocycles. The SMILES string of the molecule is O=C(Nc1ccccc1)c1nnc2n1C[C@H]1CN(C(=O)c3ccncc3)C[C@@H]1C2. The molecular formula is C21H20N6O2. The first-order valence-electron chi connectivity index (χ1n) is 9.67. The molecule has 1 N–H and O–H groups in total. The number of nitrogens with zero attached hydrogens (tertiary/aromatic N) is 5. The van der Waals surface area contributed by atoms with E-state index in [1.807, 2.05) is 39.8 Å². The fraction of sp³-hybridized carbons (Fsp3) is 0.286. The lowest BCUT2D eigenvalue weighted by Crippen LogP contribution is -2.31. The monoisotopic (exact) mass is 388 g/mol. The average molecular weight is 388 g/mol. The molecule has 8 heteroatoms. The van der Waals surface area contributed by atoms with Gasteiger partial charge in [-0.2, -0.15) is 0 Å². The molecule has 2 amide bonds. The van der Waals surface area contributed by atoms with Gasteiger partial charge in [0.05, 0.1) is 0 Å². The minimum Gasteiger partial charge on any atom is -0.338 e. The Balaban J connectivity index is 1.31. The number of hydrogen-bond acceptors (Lipinski definition) is 5. The number of pyridine rings is 1. The van der Waals surface area contributed by atoms with Crippen molar-refractivity contribution in [3.05, 3.63) is 72.1 Å². The molecule has 1 fully saturated rings. The maximum Gasteiger partial charge on any atom is 0.293 e. The Morgan fingerprint density at radius 3 is 2.48 bits per heavy atom. The quantitative estimate of drug-likeness (QED) is 0.739. The molecule has 0 bridgehead atoms. The zero-order valence-corrected chi connectivity index (χ0v) is 15.7. The van der Waals surface area contributed by atoms with Crippen LogP contribution in [-0.4, -0.2) is 49.6 Å². The Kier molecular flexibility index (Phi) is 4.31. The molecule has 1 aromatic carbocycles. The molecule has 2 aliphatic rings. The van der Waals surface area contributed by atoms with E-state index >= 15 is 0 Å². The average Bonchev–Trinajstić information content (AvgIpc) is 3.36. The van der Waals surface area contributed by atoms with Gasteiger partial charge in [-0.1, -0.05) is 18.2 Å². The topological polar surface area (TPSA) is 93.0 Å². The van der Waals surface area contributed by atoms with Crippen molar-refractivity contribution in [2.45, 2.75) is 13.0 Å². The summed E-state index contributed by atoms with van der Waals surface area (Å²) < 4.78 is 1.90. The third-order valence-electron chi connectivity index (χ3n) is 5.71. The summed E-state index contributed by atoms with van der Waals surface area (Å²) in [5.41, 5.74) is 1.37. The highest BCUT2D eigenvalue weighted by Gasteiger charge is 2.40. The number of benzene rings is 1. The molecule has 2 aliphatic heterocycles. The number of hydrogen-bond donors (Lipinski definition) is 1. The van der Waals surface area contributed by atoms with Crippen LogP contribution >= 0.6 is 0 Å². The van der Waals surface area contributed by atoms with Crippen LogP contribution in [0.3, 0.4) is 0 Å². The zero-order valence-electron chi connectivity index (χ0n) is 15.7. The second kappa shape index (κ2) is 7.12. The molecule has 0 spiro atoms. The van der Waals surface area contributed by atoms with Crippen LogP contribution in [0.5, 0.6) is 0 Å². The number of likely N-dealkylation sites (tertiary alicyclic amines) is 1. The Morgan fingerprint density at radius 1 is 0.931 bits per heavy atom. The fourth-order valence-corrected chi connectivity index (χ4v) is 4.24. The molecule has 0 radical (unpaired) electrons. The van der Waals surface area contributed by atoms with E-state index in [0.717, 1.165) is 17.9 Å². The summed E-state index contributed by atoms with van der Waals surface area (Å²) in [5, 5.41) is 11.3. The number of anilines is 1. The standard InChI is InChI=1S/C21H20N6O2/c28-20(23-17-4-2-1-3-5-17)19-25-24-18-10-15-11-26(12-16(15)13-27(18)19)21(29)14-6-8-22-9-7-14/h1-9,15-16H,10-13H2,(H,23,28)/t15-,16+/m0/s1. The molecular weight excluding hydrogens is 368 g/mol. The maximum absolute atomic E-state index is 12.8. The van der Waals surface area contributed by atoms with Crippen molar-refractivity contribution < 1.29 is 9.59 Å². The summed E-state index contributed by atoms with van der Waals surface area (Å²) in [5.74, 6) is 1.51. The van der Waals surface area contributed by atoms with Gasteiger partial charge in [0, 0.05) is 49.7 Å². The maximum atomic E-state index is 12.8. The lowest BCUT2D eigenvalue weighted by Gasteiger charge is -2.25. The Bertz CT molecular complexity index is 1050. The fourth-order valence-electron chi connectivity index (χ4n) is 4.24. The number of para-hydroxylation sites is 1. The number of carbonyl (C=O) groups excluding carboxylic acids is 2. The molecule has 1 saturated heterocycles. The highest BCUT2D eigenvalue weighted by atomic mass is 16.2. The molecule has 29 heavy (non-hydrogen) atoms. The van der Waals surface area contributed by atoms with Crippen molar-refractivity contribution in [1.29, 1.82) is 0 Å². The molecule has 0 aliphatic carbocycles. The van der Waals surface area contributed by atoms with Gasteiger partial charge in [-0.05, 0) is 36.1 Å². The summed E-state index contributed by atoms with van der Waals surface area (Å²) in [6.45, 7) is 2.01. The molecule has 146 valence electrons. The first kappa shape index (κ1) is 17.5. The second-order valence-electron chi connectivity index (χ2n) is 7.54. The van der Waals surface area contributed by atoms with Crippen molar-refractivity contribution in [1.82, 2.24) is 24.6 Å². The van der Waals surface area contributed by atoms with Crippen LogP contribution in [0.2, 0.25) is 0 Å². The molecule has 3 aromatic rings. The van der Waals surface area contributed by atoms with Gasteiger partial charge < -0.3 is 14.8 Å². The molecule has 5 rings (SSSR count). The van der Waals surface area contributed by atoms with E-state index in [4.69, 9.17) is 0 Å². The molecule has 0 unspecified atom stereocenters. The van der Waals surface area contributed by atoms with E-state index in [1.165, 1.54) is 0 Å². The van der Waals surface area contributed by atoms with Crippen LogP contribution in [0.1, 0.15) is 26.8 Å². The number of aromatic nitrogens is 4. The number of rotatable bonds is 3. The van der Waals surface area contributed by atoms with Crippen LogP contribution < -0.4 is 5.32 Å². The molecule has 8 nitrogen and oxygen atoms in total. The van der Waals surface area contributed by atoms with Crippen LogP contribution in [0.25, 0.3) is 0 Å². The zero-order chi connectivity index (χ0) is 19.8. The van der Waals surface area contributed by atoms with Crippen molar-refractivity contribution in [3.8, 4) is 0 Å². The van der Waals surface area contributed by atoms with Crippen molar-refractivity contribution in [2.75, 3.05) is 18.4 Å². The summed E-state index contributed by atoms with van der Waals surface area (Å²) in [4.78, 5) is 31.3. The van der Waals surface area contributed by atoms with Gasteiger partial charge in [-0.25, -0.2) is 0 Å². The van der Waals surface area contributed by atoms with E-state index in [1.54, 1.807) is 24.5 Å². The lowest BCUT2D eigenvalue weighted by molar-refractivity contribution is 0.0783. The Hall–Kier alpha value is -3.55. The van der Waals surface area contributed by atoms with Crippen LogP contribution in [0.4, 0.5) is 5.69 Å². The molecule has 2 atom stereocenters. The van der Waals surface area contributed by atoms with E-state index in [2.05, 4.69) is 20.5 Å². The van der Waals surface area contributed by atoms with Crippen LogP contribution in [0.15, 0.2) is 54.9 Å². The second-order valence-corrected chi connectivity index (χ2v) is 7.54. The Labute approximate surface area is 167 Å². The summed E-state index contributed by atoms with van der Waals surface area (Å²) in [6, 6.07) is 12.8. The predicted molar refractivity (Wildman–Crippen MR) is 105 cm³/mol. The number of carbonyl (C=O) groups is 2. The highest BCUT2D eigenvalue weighted by Crippen LogP contribution is 2.33. The van der Waals surface area contributed by atoms with Gasteiger partial charge in [-0.3, -0.25) is 14.6 Å². The first-order valence-corrected chi connectivity index (χ1v) is 9.67. The minimum absolute atomic E-state index is 0.0274. The third-order valence-corrected chi connectivity index (χ3v) is 5.71. The van der Waals surface area contributed by atoms with Gasteiger partial charge in [0.25, 0.3) is 11.8 Å². The van der Waals surface area contributed by atoms with Crippen molar-refractivity contribution >= 4 is 17.5 Å². The van der Waals surface area contributed by atoms with Gasteiger partial charge in [0.2, 0.25) is 5.82 Å². The smallest absolute Gasteiger partial charge is 0.293 e. The van der Waals surface area contributed by atoms with E-state index in [0.29, 0.717) is 36.9 Å². The first-order chi connectivity index (χ1) is 14.2. The summed E-state index contributed by atoms with van der Waals surface area (Å²) in [6.07, 6.45) is 3.99. The summed E-state index contributed by atoms with van der Waals surface area (Å²) >= 11 is 0. The number of amides is 2. The van der Waals surface area contributed by atoms with Gasteiger partial charge in [0.15, 0.2) is 0 Å². The largest absolute Gasteiger partial charge is 0.338 e. The number of nitrogens with one attached hydrogen (secondary N) is 1. The molecule has 0 saturated carbocycles. The predicted octanol–water partition coefficient (Wildman–Crippen LogP) is 1.87. The normalized spacial score (nSPS) is 20.1. The Morgan fingerprint density at radius 2 is 1.69 bits per heavy atom. The lowest BCUT2D eigenvalue weighted by atomic mass is 9.89. The molecule has 4 heterocycles. The van der Waals surface area contributed by atoms with E-state index < -0.39 is 0 Å². The van der Waals surface area contributed by atoms with Crippen molar-refractivity contribution in [3.63, 3.8) is 0 Å². The summed E-state index contributed by atoms with van der Waals surface area (Å²) in [7, 11) is 0.